The first-order valence-corrected chi connectivity index (χ1v) is 8.08. The van der Waals surface area contributed by atoms with E-state index in [1.54, 1.807) is 4.90 Å². The third kappa shape index (κ3) is 2.99. The number of fused-ring (bicyclic) bond motifs is 1. The van der Waals surface area contributed by atoms with E-state index in [0.717, 1.165) is 17.0 Å². The van der Waals surface area contributed by atoms with Gasteiger partial charge in [-0.3, -0.25) is 9.69 Å². The topological polar surface area (TPSA) is 88.4 Å². The van der Waals surface area contributed by atoms with Gasteiger partial charge in [0.1, 0.15) is 24.0 Å². The highest BCUT2D eigenvalue weighted by Crippen LogP contribution is 2.38. The minimum Gasteiger partial charge on any atom is -0.444 e. The number of ether oxygens (including phenoxy) is 2. The highest BCUT2D eigenvalue weighted by molar-refractivity contribution is 5.90. The molecule has 3 saturated heterocycles. The molecule has 2 unspecified atom stereocenters. The Labute approximate surface area is 142 Å². The first-order chi connectivity index (χ1) is 11.9. The van der Waals surface area contributed by atoms with E-state index < -0.39 is 29.7 Å². The van der Waals surface area contributed by atoms with Crippen LogP contribution in [0.3, 0.4) is 0 Å². The Hall–Kier alpha value is -2.42. The van der Waals surface area contributed by atoms with Gasteiger partial charge in [-0.2, -0.15) is 0 Å². The van der Waals surface area contributed by atoms with Crippen LogP contribution in [0.5, 0.6) is 0 Å². The van der Waals surface area contributed by atoms with Crippen LogP contribution in [0.4, 0.5) is 25.0 Å². The molecule has 7 nitrogen and oxygen atoms in total. The molecule has 3 heterocycles. The Kier molecular flexibility index (Phi) is 3.75. The van der Waals surface area contributed by atoms with E-state index in [4.69, 9.17) is 15.2 Å². The van der Waals surface area contributed by atoms with Crippen LogP contribution in [0.15, 0.2) is 12.1 Å². The molecule has 134 valence electrons. The maximum absolute atomic E-state index is 14.5. The quantitative estimate of drug-likeness (QED) is 0.802. The molecule has 1 aromatic carbocycles. The van der Waals surface area contributed by atoms with Crippen LogP contribution in [-0.4, -0.2) is 49.9 Å². The number of primary amides is 1. The average molecular weight is 353 g/mol. The summed E-state index contributed by atoms with van der Waals surface area (Å²) in [6, 6.07) is 2.25. The van der Waals surface area contributed by atoms with E-state index in [0.29, 0.717) is 13.1 Å². The molecular formula is C16H17F2N3O4. The number of carbonyl (C=O) groups excluding carboxylic acids is 2. The first-order valence-electron chi connectivity index (χ1n) is 8.08. The summed E-state index contributed by atoms with van der Waals surface area (Å²) in [5.41, 5.74) is 5.06. The fourth-order valence-electron chi connectivity index (χ4n) is 3.39. The van der Waals surface area contributed by atoms with Crippen LogP contribution in [0, 0.1) is 11.6 Å². The van der Waals surface area contributed by atoms with Gasteiger partial charge in [0.05, 0.1) is 12.2 Å². The predicted octanol–water partition coefficient (Wildman–Crippen LogP) is 1.14. The van der Waals surface area contributed by atoms with Gasteiger partial charge in [-0.05, 0) is 6.42 Å². The average Bonchev–Trinajstić information content (AvgIpc) is 2.97. The molecule has 0 radical (unpaired) electrons. The summed E-state index contributed by atoms with van der Waals surface area (Å²) in [5, 5.41) is 0. The molecule has 4 rings (SSSR count). The summed E-state index contributed by atoms with van der Waals surface area (Å²) < 4.78 is 39.3. The fourth-order valence-corrected chi connectivity index (χ4v) is 3.39. The van der Waals surface area contributed by atoms with Gasteiger partial charge >= 0.3 is 6.09 Å². The van der Waals surface area contributed by atoms with Gasteiger partial charge in [0.25, 0.3) is 0 Å². The van der Waals surface area contributed by atoms with Gasteiger partial charge in [0.2, 0.25) is 5.91 Å². The zero-order valence-corrected chi connectivity index (χ0v) is 13.3. The number of epoxide rings is 1. The normalized spacial score (nSPS) is 27.4. The molecule has 0 saturated carbocycles. The number of halogens is 2. The van der Waals surface area contributed by atoms with Crippen LogP contribution >= 0.6 is 0 Å². The third-order valence-corrected chi connectivity index (χ3v) is 4.70. The van der Waals surface area contributed by atoms with Crippen LogP contribution in [0.2, 0.25) is 0 Å². The number of amides is 2. The van der Waals surface area contributed by atoms with E-state index in [1.807, 2.05) is 0 Å². The van der Waals surface area contributed by atoms with Crippen LogP contribution in [0.25, 0.3) is 0 Å². The Bertz CT molecular complexity index is 711. The maximum Gasteiger partial charge on any atom is 0.414 e. The number of anilines is 2. The van der Waals surface area contributed by atoms with E-state index in [1.165, 1.54) is 0 Å². The van der Waals surface area contributed by atoms with Crippen molar-refractivity contribution in [1.29, 1.82) is 0 Å². The lowest BCUT2D eigenvalue weighted by Gasteiger charge is -2.22. The second-order valence-electron chi connectivity index (χ2n) is 6.50. The number of hydrogen-bond acceptors (Lipinski definition) is 5. The molecule has 0 spiro atoms. The van der Waals surface area contributed by atoms with Crippen LogP contribution in [0.1, 0.15) is 12.8 Å². The molecule has 3 aliphatic rings. The third-order valence-electron chi connectivity index (χ3n) is 4.70. The summed E-state index contributed by atoms with van der Waals surface area (Å²) in [6.07, 6.45) is -0.772. The minimum atomic E-state index is -0.732. The van der Waals surface area contributed by atoms with Gasteiger partial charge in [-0.15, -0.1) is 0 Å². The van der Waals surface area contributed by atoms with Gasteiger partial charge in [-0.1, -0.05) is 0 Å². The Morgan fingerprint density at radius 1 is 1.20 bits per heavy atom. The number of carbonyl (C=O) groups is 2. The number of morpholine rings is 1. The second kappa shape index (κ2) is 5.83. The number of nitrogens with two attached hydrogens (primary N) is 1. The number of rotatable bonds is 5. The van der Waals surface area contributed by atoms with Crippen molar-refractivity contribution in [3.05, 3.63) is 23.8 Å². The molecule has 3 fully saturated rings. The molecule has 25 heavy (non-hydrogen) atoms. The zero-order chi connectivity index (χ0) is 17.7. The van der Waals surface area contributed by atoms with Crippen molar-refractivity contribution in [2.45, 2.75) is 31.2 Å². The molecule has 9 heteroatoms. The first kappa shape index (κ1) is 16.1. The smallest absolute Gasteiger partial charge is 0.414 e. The molecule has 1 aromatic rings. The Morgan fingerprint density at radius 2 is 1.84 bits per heavy atom. The van der Waals surface area contributed by atoms with E-state index in [9.17, 15) is 18.4 Å². The number of nitrogens with zero attached hydrogens (tertiary/aromatic N) is 2. The predicted molar refractivity (Wildman–Crippen MR) is 83.3 cm³/mol. The molecule has 0 aromatic heterocycles. The van der Waals surface area contributed by atoms with Gasteiger partial charge in [0.15, 0.2) is 11.6 Å². The monoisotopic (exact) mass is 353 g/mol. The zero-order valence-electron chi connectivity index (χ0n) is 13.3. The van der Waals surface area contributed by atoms with Gasteiger partial charge < -0.3 is 20.1 Å². The maximum atomic E-state index is 14.5. The van der Waals surface area contributed by atoms with Crippen molar-refractivity contribution in [2.75, 3.05) is 29.4 Å². The van der Waals surface area contributed by atoms with Gasteiger partial charge in [0, 0.05) is 31.6 Å². The SMILES string of the molecule is NC(=O)CC[C@H]1CN(c2cc(F)c(N3CC4OC4C3)c(F)c2)C(=O)O1. The largest absolute Gasteiger partial charge is 0.444 e. The lowest BCUT2D eigenvalue weighted by atomic mass is 10.1. The van der Waals surface area contributed by atoms with Crippen LogP contribution in [-0.2, 0) is 14.3 Å². The van der Waals surface area contributed by atoms with Crippen LogP contribution < -0.4 is 15.5 Å². The van der Waals surface area contributed by atoms with Crippen molar-refractivity contribution in [3.8, 4) is 0 Å². The Balaban J connectivity index is 1.51. The molecule has 2 N–H and O–H groups in total. The summed E-state index contributed by atoms with van der Waals surface area (Å²) >= 11 is 0. The number of hydrogen-bond donors (Lipinski definition) is 1. The minimum absolute atomic E-state index is 0.0538. The summed E-state index contributed by atoms with van der Waals surface area (Å²) in [4.78, 5) is 25.6. The van der Waals surface area contributed by atoms with Crippen molar-refractivity contribution in [2.24, 2.45) is 5.73 Å². The molecular weight excluding hydrogens is 336 g/mol. The summed E-state index contributed by atoms with van der Waals surface area (Å²) in [5.74, 6) is -1.96. The second-order valence-corrected chi connectivity index (χ2v) is 6.50. The lowest BCUT2D eigenvalue weighted by Crippen LogP contribution is -2.28. The highest BCUT2D eigenvalue weighted by Gasteiger charge is 2.48. The molecule has 3 atom stereocenters. The fraction of sp³-hybridized carbons (Fsp3) is 0.500. The van der Waals surface area contributed by atoms with E-state index >= 15 is 0 Å². The number of benzene rings is 1. The van der Waals surface area contributed by atoms with Crippen molar-refractivity contribution >= 4 is 23.4 Å². The van der Waals surface area contributed by atoms with Crippen molar-refractivity contribution in [1.82, 2.24) is 0 Å². The summed E-state index contributed by atoms with van der Waals surface area (Å²) in [6.45, 7) is 1.03. The van der Waals surface area contributed by atoms with Gasteiger partial charge in [-0.25, -0.2) is 13.6 Å². The standard InChI is InChI=1S/C16H17F2N3O4/c17-10-3-8(21-5-9(24-16(21)23)1-2-14(19)22)4-11(18)15(10)20-6-12-13(7-20)25-12/h3-4,9,12-13H,1-2,5-7H2,(H2,19,22)/t9-,12?,13?/m0/s1. The van der Waals surface area contributed by atoms with E-state index in [-0.39, 0.29) is 43.0 Å². The van der Waals surface area contributed by atoms with Crippen molar-refractivity contribution < 1.29 is 27.8 Å². The molecule has 3 aliphatic heterocycles. The van der Waals surface area contributed by atoms with E-state index in [2.05, 4.69) is 0 Å². The molecule has 2 amide bonds. The molecule has 0 bridgehead atoms. The Morgan fingerprint density at radius 3 is 2.44 bits per heavy atom. The highest BCUT2D eigenvalue weighted by atomic mass is 19.1. The summed E-state index contributed by atoms with van der Waals surface area (Å²) in [7, 11) is 0. The van der Waals surface area contributed by atoms with Crippen molar-refractivity contribution in [3.63, 3.8) is 0 Å². The lowest BCUT2D eigenvalue weighted by molar-refractivity contribution is -0.118. The molecule has 0 aliphatic carbocycles. The number of cyclic esters (lactones) is 1.